The molecule has 0 heterocycles. The molecule has 0 fully saturated rings. The average Bonchev–Trinajstić information content (AvgIpc) is 1.69. The van der Waals surface area contributed by atoms with Crippen LogP contribution in [0.4, 0.5) is 0 Å². The maximum absolute atomic E-state index is 6.47. The van der Waals surface area contributed by atoms with E-state index in [2.05, 4.69) is 17.6 Å². The van der Waals surface area contributed by atoms with Crippen LogP contribution in [0, 0.1) is 5.41 Å². The summed E-state index contributed by atoms with van der Waals surface area (Å²) in [5.74, 6) is 0. The molecule has 0 aliphatic carbocycles. The first-order valence-electron chi connectivity index (χ1n) is 1.73. The first-order valence-corrected chi connectivity index (χ1v) is 2.25. The van der Waals surface area contributed by atoms with E-state index in [1.54, 1.807) is 0 Å². The Balaban J connectivity index is 3.27. The van der Waals surface area contributed by atoms with Crippen molar-refractivity contribution >= 4 is 24.4 Å². The van der Waals surface area contributed by atoms with Crippen molar-refractivity contribution in [3.8, 4) is 0 Å². The summed E-state index contributed by atoms with van der Waals surface area (Å²) in [6.45, 7) is 0. The summed E-state index contributed by atoms with van der Waals surface area (Å²) < 4.78 is 0. The second kappa shape index (κ2) is 5.43. The lowest BCUT2D eigenvalue weighted by atomic mass is 10.7. The molecule has 0 aliphatic heterocycles. The van der Waals surface area contributed by atoms with Gasteiger partial charge in [0.25, 0.3) is 0 Å². The zero-order chi connectivity index (χ0) is 5.54. The average molecular weight is 114 g/mol. The molecule has 1 N–H and O–H groups in total. The maximum Gasteiger partial charge on any atom is 0.0566 e. The van der Waals surface area contributed by atoms with Crippen molar-refractivity contribution in [2.75, 3.05) is 0 Å². The van der Waals surface area contributed by atoms with E-state index in [-0.39, 0.29) is 0 Å². The SMILES string of the molecule is N=C/C=C\N=C\S. The fraction of sp³-hybridized carbons (Fsp3) is 0. The van der Waals surface area contributed by atoms with Gasteiger partial charge in [-0.15, -0.1) is 12.6 Å². The lowest BCUT2D eigenvalue weighted by Gasteiger charge is -1.65. The fourth-order valence-electron chi connectivity index (χ4n) is 0.131. The molecule has 0 rings (SSSR count). The predicted molar refractivity (Wildman–Crippen MR) is 35.4 cm³/mol. The van der Waals surface area contributed by atoms with Gasteiger partial charge in [0.1, 0.15) is 0 Å². The molecule has 0 aromatic heterocycles. The number of nitrogens with zero attached hydrogens (tertiary/aromatic N) is 1. The molecule has 2 nitrogen and oxygen atoms in total. The summed E-state index contributed by atoms with van der Waals surface area (Å²) in [6.07, 6.45) is 4.15. The second-order valence-corrected chi connectivity index (χ2v) is 1.00. The van der Waals surface area contributed by atoms with Crippen molar-refractivity contribution < 1.29 is 0 Å². The topological polar surface area (TPSA) is 36.2 Å². The van der Waals surface area contributed by atoms with E-state index in [9.17, 15) is 0 Å². The van der Waals surface area contributed by atoms with E-state index in [0.29, 0.717) is 0 Å². The van der Waals surface area contributed by atoms with Crippen LogP contribution in [0.25, 0.3) is 0 Å². The Morgan fingerprint density at radius 1 is 1.57 bits per heavy atom. The van der Waals surface area contributed by atoms with Gasteiger partial charge in [0.2, 0.25) is 0 Å². The Kier molecular flexibility index (Phi) is 4.99. The Labute approximate surface area is 47.9 Å². The van der Waals surface area contributed by atoms with Gasteiger partial charge in [0.05, 0.1) is 5.55 Å². The quantitative estimate of drug-likeness (QED) is 0.306. The highest BCUT2D eigenvalue weighted by atomic mass is 32.1. The van der Waals surface area contributed by atoms with Crippen LogP contribution in [0.2, 0.25) is 0 Å². The number of rotatable bonds is 2. The molecule has 7 heavy (non-hydrogen) atoms. The highest BCUT2D eigenvalue weighted by Crippen LogP contribution is 1.69. The molecule has 0 aliphatic rings. The molecule has 0 saturated heterocycles. The van der Waals surface area contributed by atoms with Crippen LogP contribution in [0.5, 0.6) is 0 Å². The maximum atomic E-state index is 6.47. The molecule has 0 saturated carbocycles. The standard InChI is InChI=1S/C4H6N2S/c5-2-1-3-6-4-7/h1-5H,(H,6,7)/b3-1-,5-2?. The molecule has 0 amide bonds. The highest BCUT2D eigenvalue weighted by molar-refractivity contribution is 7.94. The number of allylic oxidation sites excluding steroid dienone is 1. The first kappa shape index (κ1) is 6.43. The van der Waals surface area contributed by atoms with E-state index in [0.717, 1.165) is 6.21 Å². The summed E-state index contributed by atoms with van der Waals surface area (Å²) in [6, 6.07) is 0. The summed E-state index contributed by atoms with van der Waals surface area (Å²) in [4.78, 5) is 3.57. The molecule has 0 unspecified atom stereocenters. The fourth-order valence-corrected chi connectivity index (χ4v) is 0.208. The molecule has 0 aromatic carbocycles. The van der Waals surface area contributed by atoms with Gasteiger partial charge in [-0.25, -0.2) is 0 Å². The first-order chi connectivity index (χ1) is 3.41. The molecular weight excluding hydrogens is 108 g/mol. The third-order valence-corrected chi connectivity index (χ3v) is 0.468. The minimum absolute atomic E-state index is 1.15. The second-order valence-electron chi connectivity index (χ2n) is 0.773. The van der Waals surface area contributed by atoms with Gasteiger partial charge in [0.15, 0.2) is 0 Å². The predicted octanol–water partition coefficient (Wildman–Crippen LogP) is 1.11. The minimum Gasteiger partial charge on any atom is -0.309 e. The largest absolute Gasteiger partial charge is 0.309 e. The van der Waals surface area contributed by atoms with Crippen LogP contribution in [0.1, 0.15) is 0 Å². The molecule has 0 radical (unpaired) electrons. The number of hydrogen-bond donors (Lipinski definition) is 2. The molecule has 0 bridgehead atoms. The Bertz CT molecular complexity index is 95.9. The van der Waals surface area contributed by atoms with Crippen molar-refractivity contribution in [2.45, 2.75) is 0 Å². The molecule has 3 heteroatoms. The number of nitrogens with one attached hydrogen (secondary N) is 1. The van der Waals surface area contributed by atoms with Gasteiger partial charge in [-0.2, -0.15) is 0 Å². The van der Waals surface area contributed by atoms with Crippen LogP contribution in [-0.2, 0) is 0 Å². The molecule has 38 valence electrons. The molecule has 0 atom stereocenters. The molecule has 0 spiro atoms. The molecular formula is C4H6N2S. The lowest BCUT2D eigenvalue weighted by molar-refractivity contribution is 1.56. The van der Waals surface area contributed by atoms with Gasteiger partial charge < -0.3 is 5.41 Å². The van der Waals surface area contributed by atoms with Crippen LogP contribution in [0.3, 0.4) is 0 Å². The summed E-state index contributed by atoms with van der Waals surface area (Å²) in [5.41, 5.74) is 1.36. The van der Waals surface area contributed by atoms with Crippen molar-refractivity contribution in [3.63, 3.8) is 0 Å². The van der Waals surface area contributed by atoms with Crippen LogP contribution < -0.4 is 0 Å². The third kappa shape index (κ3) is 5.43. The van der Waals surface area contributed by atoms with Crippen molar-refractivity contribution in [2.24, 2.45) is 4.99 Å². The van der Waals surface area contributed by atoms with Crippen LogP contribution in [-0.4, -0.2) is 11.8 Å². The van der Waals surface area contributed by atoms with Gasteiger partial charge in [-0.3, -0.25) is 4.99 Å². The van der Waals surface area contributed by atoms with Crippen LogP contribution in [0.15, 0.2) is 17.3 Å². The number of aliphatic imine (C=N–C) groups is 1. The summed E-state index contributed by atoms with van der Waals surface area (Å²) in [5, 5.41) is 6.47. The summed E-state index contributed by atoms with van der Waals surface area (Å²) in [7, 11) is 0. The zero-order valence-corrected chi connectivity index (χ0v) is 4.60. The third-order valence-electron chi connectivity index (χ3n) is 0.335. The molecule has 0 aromatic rings. The Morgan fingerprint density at radius 3 is 2.71 bits per heavy atom. The van der Waals surface area contributed by atoms with E-state index in [4.69, 9.17) is 5.41 Å². The van der Waals surface area contributed by atoms with E-state index >= 15 is 0 Å². The van der Waals surface area contributed by atoms with Crippen molar-refractivity contribution in [1.82, 2.24) is 0 Å². The summed E-state index contributed by atoms with van der Waals surface area (Å²) >= 11 is 3.68. The monoisotopic (exact) mass is 114 g/mol. The number of thiol groups is 1. The Hall–Kier alpha value is -0.570. The zero-order valence-electron chi connectivity index (χ0n) is 3.70. The van der Waals surface area contributed by atoms with Gasteiger partial charge >= 0.3 is 0 Å². The van der Waals surface area contributed by atoms with E-state index in [1.807, 2.05) is 0 Å². The lowest BCUT2D eigenvalue weighted by Crippen LogP contribution is -1.54. The van der Waals surface area contributed by atoms with E-state index < -0.39 is 0 Å². The smallest absolute Gasteiger partial charge is 0.0566 e. The van der Waals surface area contributed by atoms with Gasteiger partial charge in [-0.05, 0) is 6.08 Å². The highest BCUT2D eigenvalue weighted by Gasteiger charge is 1.53. The Morgan fingerprint density at radius 2 is 2.29 bits per heavy atom. The van der Waals surface area contributed by atoms with E-state index in [1.165, 1.54) is 17.8 Å². The van der Waals surface area contributed by atoms with Crippen molar-refractivity contribution in [1.29, 1.82) is 5.41 Å². The minimum atomic E-state index is 1.15. The normalized spacial score (nSPS) is 11.0. The van der Waals surface area contributed by atoms with Gasteiger partial charge in [0, 0.05) is 12.4 Å². The van der Waals surface area contributed by atoms with Crippen LogP contribution >= 0.6 is 12.6 Å². The van der Waals surface area contributed by atoms with Gasteiger partial charge in [-0.1, -0.05) is 0 Å². The number of hydrogen-bond acceptors (Lipinski definition) is 2. The van der Waals surface area contributed by atoms with Crippen molar-refractivity contribution in [3.05, 3.63) is 12.3 Å².